The molecule has 152 valence electrons. The summed E-state index contributed by atoms with van der Waals surface area (Å²) < 4.78 is 0. The molecule has 0 saturated heterocycles. The number of nitrogens with zero attached hydrogens (tertiary/aromatic N) is 3. The lowest BCUT2D eigenvalue weighted by atomic mass is 10.1. The van der Waals surface area contributed by atoms with Gasteiger partial charge in [-0.3, -0.25) is 5.10 Å². The molecular formula is C20H22Cl2N6O. The van der Waals surface area contributed by atoms with Gasteiger partial charge in [0.15, 0.2) is 11.8 Å². The molecule has 3 aromatic rings. The molecule has 4 N–H and O–H groups in total. The van der Waals surface area contributed by atoms with Crippen LogP contribution in [-0.4, -0.2) is 39.3 Å². The fourth-order valence-electron chi connectivity index (χ4n) is 2.75. The highest BCUT2D eigenvalue weighted by Crippen LogP contribution is 2.23. The van der Waals surface area contributed by atoms with Crippen LogP contribution in [0.1, 0.15) is 24.2 Å². The number of aromatic amines is 1. The van der Waals surface area contributed by atoms with Crippen LogP contribution in [0.4, 0.5) is 0 Å². The number of benzene rings is 2. The van der Waals surface area contributed by atoms with Crippen molar-refractivity contribution in [3.63, 3.8) is 0 Å². The zero-order valence-electron chi connectivity index (χ0n) is 15.9. The smallest absolute Gasteiger partial charge is 0.191 e. The normalized spacial score (nSPS) is 12.6. The molecule has 2 aromatic carbocycles. The SMILES string of the molecule is CCNC(=NCc1cccc(-c2ncn[nH]2)c1)NCC(O)c1cc(Cl)cc(Cl)c1. The van der Waals surface area contributed by atoms with E-state index in [2.05, 4.69) is 30.8 Å². The molecule has 0 aliphatic carbocycles. The number of hydrogen-bond acceptors (Lipinski definition) is 4. The molecule has 0 amide bonds. The molecule has 7 nitrogen and oxygen atoms in total. The molecule has 9 heteroatoms. The minimum absolute atomic E-state index is 0.264. The maximum atomic E-state index is 10.4. The van der Waals surface area contributed by atoms with E-state index in [1.807, 2.05) is 31.2 Å². The first-order chi connectivity index (χ1) is 14.0. The lowest BCUT2D eigenvalue weighted by Crippen LogP contribution is -2.39. The van der Waals surface area contributed by atoms with E-state index in [0.29, 0.717) is 40.5 Å². The second-order valence-corrected chi connectivity index (χ2v) is 7.20. The van der Waals surface area contributed by atoms with Gasteiger partial charge in [-0.2, -0.15) is 5.10 Å². The highest BCUT2D eigenvalue weighted by molar-refractivity contribution is 6.34. The average Bonchev–Trinajstić information content (AvgIpc) is 3.24. The highest BCUT2D eigenvalue weighted by atomic mass is 35.5. The number of hydrogen-bond donors (Lipinski definition) is 4. The van der Waals surface area contributed by atoms with Gasteiger partial charge in [-0.05, 0) is 42.3 Å². The van der Waals surface area contributed by atoms with E-state index >= 15 is 0 Å². The van der Waals surface area contributed by atoms with Gasteiger partial charge in [0, 0.05) is 28.7 Å². The van der Waals surface area contributed by atoms with Crippen LogP contribution < -0.4 is 10.6 Å². The van der Waals surface area contributed by atoms with Crippen molar-refractivity contribution in [3.8, 4) is 11.4 Å². The molecule has 3 rings (SSSR count). The Kier molecular flexibility index (Phi) is 7.46. The minimum Gasteiger partial charge on any atom is -0.387 e. The number of aromatic nitrogens is 3. The maximum absolute atomic E-state index is 10.4. The molecule has 0 aliphatic heterocycles. The molecule has 29 heavy (non-hydrogen) atoms. The summed E-state index contributed by atoms with van der Waals surface area (Å²) in [6, 6.07) is 12.9. The Morgan fingerprint density at radius 2 is 1.97 bits per heavy atom. The zero-order chi connectivity index (χ0) is 20.6. The number of aliphatic hydroxyl groups excluding tert-OH is 1. The van der Waals surface area contributed by atoms with E-state index < -0.39 is 6.10 Å². The molecule has 0 bridgehead atoms. The van der Waals surface area contributed by atoms with Crippen LogP contribution >= 0.6 is 23.2 Å². The van der Waals surface area contributed by atoms with Crippen molar-refractivity contribution in [2.75, 3.05) is 13.1 Å². The number of rotatable bonds is 7. The molecule has 0 fully saturated rings. The van der Waals surface area contributed by atoms with Crippen molar-refractivity contribution in [1.82, 2.24) is 25.8 Å². The van der Waals surface area contributed by atoms with Gasteiger partial charge in [0.25, 0.3) is 0 Å². The zero-order valence-corrected chi connectivity index (χ0v) is 17.4. The van der Waals surface area contributed by atoms with E-state index in [1.54, 1.807) is 18.2 Å². The molecule has 1 atom stereocenters. The largest absolute Gasteiger partial charge is 0.387 e. The molecular weight excluding hydrogens is 411 g/mol. The number of halogens is 2. The van der Waals surface area contributed by atoms with Crippen LogP contribution in [0.5, 0.6) is 0 Å². The molecule has 0 spiro atoms. The maximum Gasteiger partial charge on any atom is 0.191 e. The van der Waals surface area contributed by atoms with Gasteiger partial charge in [0.1, 0.15) is 6.33 Å². The molecule has 0 saturated carbocycles. The van der Waals surface area contributed by atoms with Crippen molar-refractivity contribution < 1.29 is 5.11 Å². The third-order valence-corrected chi connectivity index (χ3v) is 4.55. The van der Waals surface area contributed by atoms with E-state index in [1.165, 1.54) is 6.33 Å². The number of aliphatic imine (C=N–C) groups is 1. The van der Waals surface area contributed by atoms with Gasteiger partial charge < -0.3 is 15.7 Å². The Hall–Kier alpha value is -2.61. The number of guanidine groups is 1. The van der Waals surface area contributed by atoms with Gasteiger partial charge in [-0.15, -0.1) is 0 Å². The van der Waals surface area contributed by atoms with Gasteiger partial charge in [0.05, 0.1) is 12.6 Å². The summed E-state index contributed by atoms with van der Waals surface area (Å²) in [4.78, 5) is 8.76. The fourth-order valence-corrected chi connectivity index (χ4v) is 3.30. The number of nitrogens with one attached hydrogen (secondary N) is 3. The average molecular weight is 433 g/mol. The Balaban J connectivity index is 1.65. The van der Waals surface area contributed by atoms with E-state index in [0.717, 1.165) is 11.1 Å². The summed E-state index contributed by atoms with van der Waals surface area (Å²) in [6.07, 6.45) is 0.705. The van der Waals surface area contributed by atoms with Gasteiger partial charge in [-0.1, -0.05) is 41.4 Å². The summed E-state index contributed by atoms with van der Waals surface area (Å²) in [6.45, 7) is 3.41. The Morgan fingerprint density at radius 1 is 1.17 bits per heavy atom. The van der Waals surface area contributed by atoms with Crippen LogP contribution in [0.2, 0.25) is 10.0 Å². The number of H-pyrrole nitrogens is 1. The summed E-state index contributed by atoms with van der Waals surface area (Å²) in [5.41, 5.74) is 2.62. The summed E-state index contributed by atoms with van der Waals surface area (Å²) in [5, 5.41) is 24.5. The standard InChI is InChI=1S/C20H22Cl2N6O/c1-2-23-20(25-11-18(29)15-7-16(21)9-17(22)8-15)24-10-13-4-3-5-14(6-13)19-26-12-27-28-19/h3-9,12,18,29H,2,10-11H2,1H3,(H2,23,24,25)(H,26,27,28). The molecule has 0 radical (unpaired) electrons. The van der Waals surface area contributed by atoms with E-state index in [9.17, 15) is 5.11 Å². The van der Waals surface area contributed by atoms with Crippen molar-refractivity contribution in [2.45, 2.75) is 19.6 Å². The molecule has 1 unspecified atom stereocenters. The second-order valence-electron chi connectivity index (χ2n) is 6.33. The van der Waals surface area contributed by atoms with E-state index in [-0.39, 0.29) is 6.54 Å². The van der Waals surface area contributed by atoms with Crippen LogP contribution in [-0.2, 0) is 6.54 Å². The predicted molar refractivity (Wildman–Crippen MR) is 116 cm³/mol. The molecule has 1 aromatic heterocycles. The first-order valence-electron chi connectivity index (χ1n) is 9.16. The van der Waals surface area contributed by atoms with E-state index in [4.69, 9.17) is 23.2 Å². The predicted octanol–water partition coefficient (Wildman–Crippen LogP) is 3.57. The van der Waals surface area contributed by atoms with Gasteiger partial charge >= 0.3 is 0 Å². The highest BCUT2D eigenvalue weighted by Gasteiger charge is 2.10. The topological polar surface area (TPSA) is 98.2 Å². The first-order valence-corrected chi connectivity index (χ1v) is 9.91. The fraction of sp³-hybridized carbons (Fsp3) is 0.250. The first kappa shape index (κ1) is 21.1. The molecule has 1 heterocycles. The summed E-state index contributed by atoms with van der Waals surface area (Å²) >= 11 is 12.0. The van der Waals surface area contributed by atoms with Crippen LogP contribution in [0.25, 0.3) is 11.4 Å². The third kappa shape index (κ3) is 6.19. The summed E-state index contributed by atoms with van der Waals surface area (Å²) in [7, 11) is 0. The van der Waals surface area contributed by atoms with Crippen LogP contribution in [0, 0.1) is 0 Å². The van der Waals surface area contributed by atoms with Crippen molar-refractivity contribution >= 4 is 29.2 Å². The Morgan fingerprint density at radius 3 is 2.66 bits per heavy atom. The van der Waals surface area contributed by atoms with Gasteiger partial charge in [0.2, 0.25) is 0 Å². The van der Waals surface area contributed by atoms with Crippen molar-refractivity contribution in [3.05, 3.63) is 70.0 Å². The minimum atomic E-state index is -0.773. The quantitative estimate of drug-likeness (QED) is 0.337. The monoisotopic (exact) mass is 432 g/mol. The van der Waals surface area contributed by atoms with Gasteiger partial charge in [-0.25, -0.2) is 9.98 Å². The second kappa shape index (κ2) is 10.2. The number of aliphatic hydroxyl groups is 1. The Labute approximate surface area is 179 Å². The lowest BCUT2D eigenvalue weighted by Gasteiger charge is -2.16. The lowest BCUT2D eigenvalue weighted by molar-refractivity contribution is 0.181. The van der Waals surface area contributed by atoms with Crippen molar-refractivity contribution in [2.24, 2.45) is 4.99 Å². The van der Waals surface area contributed by atoms with Crippen LogP contribution in [0.15, 0.2) is 53.8 Å². The Bertz CT molecular complexity index is 941. The van der Waals surface area contributed by atoms with Crippen LogP contribution in [0.3, 0.4) is 0 Å². The van der Waals surface area contributed by atoms with Crippen molar-refractivity contribution in [1.29, 1.82) is 0 Å². The third-order valence-electron chi connectivity index (χ3n) is 4.11. The summed E-state index contributed by atoms with van der Waals surface area (Å²) in [5.74, 6) is 1.31. The molecule has 0 aliphatic rings.